The van der Waals surface area contributed by atoms with Crippen molar-refractivity contribution >= 4 is 27.6 Å². The van der Waals surface area contributed by atoms with Crippen LogP contribution in [0.15, 0.2) is 47.5 Å². The number of rotatable bonds is 7. The summed E-state index contributed by atoms with van der Waals surface area (Å²) in [5.41, 5.74) is 4.38. The Hall–Kier alpha value is -4.18. The highest BCUT2D eigenvalue weighted by molar-refractivity contribution is 7.91. The molecule has 1 saturated heterocycles. The molecule has 0 unspecified atom stereocenters. The minimum atomic E-state index is -4.68. The summed E-state index contributed by atoms with van der Waals surface area (Å²) in [5.74, 6) is -2.19. The molecule has 2 aromatic carbocycles. The van der Waals surface area contributed by atoms with Crippen molar-refractivity contribution < 1.29 is 44.6 Å². The SMILES string of the molecule is COc1nc2c(cc1O[C@H]1CCOC1)C(=N[C@H](C)c1cc(N)cc(C(F)(F)F)c1)NS(=O)(=O)N2Cc1cc(F)ccc1F. The molecule has 2 aliphatic heterocycles. The summed E-state index contributed by atoms with van der Waals surface area (Å²) < 4.78 is 116. The van der Waals surface area contributed by atoms with Crippen LogP contribution in [0.1, 0.15) is 41.6 Å². The van der Waals surface area contributed by atoms with Crippen molar-refractivity contribution in [3.05, 3.63) is 76.4 Å². The van der Waals surface area contributed by atoms with Crippen LogP contribution in [0, 0.1) is 11.6 Å². The van der Waals surface area contributed by atoms with Gasteiger partial charge < -0.3 is 19.9 Å². The lowest BCUT2D eigenvalue weighted by molar-refractivity contribution is -0.137. The monoisotopic (exact) mass is 627 g/mol. The van der Waals surface area contributed by atoms with E-state index in [0.29, 0.717) is 17.3 Å². The summed E-state index contributed by atoms with van der Waals surface area (Å²) in [6.45, 7) is 1.54. The summed E-state index contributed by atoms with van der Waals surface area (Å²) in [7, 11) is -3.28. The van der Waals surface area contributed by atoms with Crippen LogP contribution in [0.3, 0.4) is 0 Å². The van der Waals surface area contributed by atoms with E-state index in [0.717, 1.165) is 30.3 Å². The van der Waals surface area contributed by atoms with Crippen LogP contribution >= 0.6 is 0 Å². The molecule has 16 heteroatoms. The van der Waals surface area contributed by atoms with E-state index in [2.05, 4.69) is 14.7 Å². The number of anilines is 2. The summed E-state index contributed by atoms with van der Waals surface area (Å²) >= 11 is 0. The predicted molar refractivity (Wildman–Crippen MR) is 146 cm³/mol. The van der Waals surface area contributed by atoms with E-state index in [9.17, 15) is 30.4 Å². The van der Waals surface area contributed by atoms with Crippen LogP contribution in [0.25, 0.3) is 0 Å². The molecule has 0 amide bonds. The minimum Gasteiger partial charge on any atom is -0.482 e. The van der Waals surface area contributed by atoms with Gasteiger partial charge in [0.25, 0.3) is 5.88 Å². The molecule has 3 aromatic rings. The van der Waals surface area contributed by atoms with E-state index in [4.69, 9.17) is 19.9 Å². The van der Waals surface area contributed by atoms with Gasteiger partial charge in [0, 0.05) is 23.7 Å². The Balaban J connectivity index is 1.64. The van der Waals surface area contributed by atoms with Gasteiger partial charge in [0.15, 0.2) is 11.6 Å². The third kappa shape index (κ3) is 6.44. The number of nitrogens with one attached hydrogen (secondary N) is 1. The number of benzene rings is 2. The molecule has 5 rings (SSSR count). The molecule has 2 aliphatic rings. The summed E-state index contributed by atoms with van der Waals surface area (Å²) in [6.07, 6.45) is -4.48. The van der Waals surface area contributed by atoms with Crippen molar-refractivity contribution in [3.63, 3.8) is 0 Å². The van der Waals surface area contributed by atoms with Gasteiger partial charge in [0.05, 0.1) is 44.0 Å². The van der Waals surface area contributed by atoms with Gasteiger partial charge in [-0.2, -0.15) is 26.6 Å². The van der Waals surface area contributed by atoms with Crippen LogP contribution in [-0.2, 0) is 27.7 Å². The number of aromatic nitrogens is 1. The zero-order valence-corrected chi connectivity index (χ0v) is 23.6. The number of alkyl halides is 3. The van der Waals surface area contributed by atoms with Gasteiger partial charge in [0.2, 0.25) is 0 Å². The highest BCUT2D eigenvalue weighted by Gasteiger charge is 2.38. The molecule has 1 fully saturated rings. The number of amidine groups is 1. The van der Waals surface area contributed by atoms with E-state index in [1.165, 1.54) is 26.2 Å². The van der Waals surface area contributed by atoms with Crippen molar-refractivity contribution in [2.24, 2.45) is 4.99 Å². The number of nitrogens with two attached hydrogens (primary N) is 1. The molecule has 0 saturated carbocycles. The van der Waals surface area contributed by atoms with Crippen LogP contribution in [0.2, 0.25) is 0 Å². The molecular formula is C27H26F5N5O5S. The van der Waals surface area contributed by atoms with Crippen molar-refractivity contribution in [2.75, 3.05) is 30.4 Å². The largest absolute Gasteiger partial charge is 0.482 e. The second-order valence-electron chi connectivity index (χ2n) is 9.86. The zero-order chi connectivity index (χ0) is 31.1. The molecule has 0 spiro atoms. The Morgan fingerprint density at radius 1 is 1.21 bits per heavy atom. The fourth-order valence-corrected chi connectivity index (χ4v) is 5.81. The van der Waals surface area contributed by atoms with E-state index >= 15 is 0 Å². The highest BCUT2D eigenvalue weighted by Crippen LogP contribution is 2.38. The number of nitrogens with zero attached hydrogens (tertiary/aromatic N) is 3. The van der Waals surface area contributed by atoms with E-state index in [-0.39, 0.29) is 58.4 Å². The molecule has 2 atom stereocenters. The Kier molecular flexibility index (Phi) is 8.09. The molecule has 230 valence electrons. The number of halogens is 5. The lowest BCUT2D eigenvalue weighted by atomic mass is 10.0. The molecule has 1 aromatic heterocycles. The van der Waals surface area contributed by atoms with Gasteiger partial charge in [-0.25, -0.2) is 17.8 Å². The maximum absolute atomic E-state index is 14.6. The van der Waals surface area contributed by atoms with Crippen molar-refractivity contribution in [2.45, 2.75) is 38.2 Å². The first-order valence-corrected chi connectivity index (χ1v) is 14.3. The number of methoxy groups -OCH3 is 1. The summed E-state index contributed by atoms with van der Waals surface area (Å²) in [5, 5.41) is 0. The Morgan fingerprint density at radius 2 is 1.98 bits per heavy atom. The molecular weight excluding hydrogens is 601 g/mol. The standard InChI is InChI=1S/C27H26F5N5O5S/c1-14(15-7-17(27(30,31)32)10-19(33)9-15)34-24-21-11-23(42-20-5-6-41-13-20)26(40-2)35-25(21)37(43(38,39)36-24)12-16-8-18(28)3-4-22(16)29/h3-4,7-11,14,20H,5-6,12-13,33H2,1-2H3,(H,34,36)/t14-,20+/m1/s1. The summed E-state index contributed by atoms with van der Waals surface area (Å²) in [4.78, 5) is 8.73. The topological polar surface area (TPSA) is 128 Å². The molecule has 43 heavy (non-hydrogen) atoms. The highest BCUT2D eigenvalue weighted by atomic mass is 32.2. The van der Waals surface area contributed by atoms with Crippen molar-refractivity contribution in [3.8, 4) is 11.6 Å². The summed E-state index contributed by atoms with van der Waals surface area (Å²) in [6, 6.07) is 5.91. The van der Waals surface area contributed by atoms with Crippen molar-refractivity contribution in [1.29, 1.82) is 0 Å². The number of hydrogen-bond donors (Lipinski definition) is 2. The molecule has 3 heterocycles. The van der Waals surface area contributed by atoms with Gasteiger partial charge in [-0.15, -0.1) is 0 Å². The van der Waals surface area contributed by atoms with Crippen molar-refractivity contribution in [1.82, 2.24) is 9.71 Å². The Morgan fingerprint density at radius 3 is 2.65 bits per heavy atom. The number of nitrogen functional groups attached to an aromatic ring is 1. The number of pyridine rings is 1. The van der Waals surface area contributed by atoms with Gasteiger partial charge >= 0.3 is 16.4 Å². The van der Waals surface area contributed by atoms with Crippen LogP contribution in [0.4, 0.5) is 33.5 Å². The lowest BCUT2D eigenvalue weighted by Gasteiger charge is -2.32. The Bertz CT molecular complexity index is 1680. The first-order valence-electron chi connectivity index (χ1n) is 12.9. The van der Waals surface area contributed by atoms with Crippen LogP contribution < -0.4 is 24.2 Å². The minimum absolute atomic E-state index is 0.0492. The first kappa shape index (κ1) is 30.3. The normalized spacial score (nSPS) is 19.6. The quantitative estimate of drug-likeness (QED) is 0.292. The molecule has 0 aliphatic carbocycles. The number of aliphatic imine (C=N–C) groups is 1. The maximum Gasteiger partial charge on any atom is 0.416 e. The van der Waals surface area contributed by atoms with Gasteiger partial charge in [0.1, 0.15) is 23.6 Å². The van der Waals surface area contributed by atoms with E-state index in [1.54, 1.807) is 0 Å². The first-order chi connectivity index (χ1) is 20.2. The van der Waals surface area contributed by atoms with Crippen LogP contribution in [-0.4, -0.2) is 45.7 Å². The van der Waals surface area contributed by atoms with E-state index in [1.807, 2.05) is 0 Å². The fraction of sp³-hybridized carbons (Fsp3) is 0.333. The fourth-order valence-electron chi connectivity index (χ4n) is 4.62. The number of fused-ring (bicyclic) bond motifs is 1. The molecule has 0 bridgehead atoms. The molecule has 3 N–H and O–H groups in total. The third-order valence-electron chi connectivity index (χ3n) is 6.75. The number of ether oxygens (including phenoxy) is 3. The lowest BCUT2D eigenvalue weighted by Crippen LogP contribution is -2.49. The average molecular weight is 628 g/mol. The van der Waals surface area contributed by atoms with E-state index < -0.39 is 46.2 Å². The number of hydrogen-bond acceptors (Lipinski definition) is 8. The molecule has 0 radical (unpaired) electrons. The average Bonchev–Trinajstić information content (AvgIpc) is 3.44. The second kappa shape index (κ2) is 11.5. The third-order valence-corrected chi connectivity index (χ3v) is 8.08. The second-order valence-corrected chi connectivity index (χ2v) is 11.5. The van der Waals surface area contributed by atoms with Gasteiger partial charge in [-0.1, -0.05) is 0 Å². The smallest absolute Gasteiger partial charge is 0.416 e. The predicted octanol–water partition coefficient (Wildman–Crippen LogP) is 4.50. The molecule has 10 nitrogen and oxygen atoms in total. The van der Waals surface area contributed by atoms with Gasteiger partial charge in [-0.05, 0) is 48.9 Å². The van der Waals surface area contributed by atoms with Crippen LogP contribution in [0.5, 0.6) is 11.6 Å². The Labute approximate surface area is 243 Å². The van der Waals surface area contributed by atoms with Gasteiger partial charge in [-0.3, -0.25) is 4.99 Å². The zero-order valence-electron chi connectivity index (χ0n) is 22.8. The maximum atomic E-state index is 14.6.